The van der Waals surface area contributed by atoms with Crippen LogP contribution < -0.4 is 4.74 Å². The standard InChI is InChI=1S/C19H13N3O4/c23-19(26-18-12-10-17(11-13-18)22(24)25)14-6-8-16(9-7-14)21-20-15-4-2-1-3-5-15/h1-13H. The van der Waals surface area contributed by atoms with Crippen LogP contribution in [0.2, 0.25) is 0 Å². The van der Waals surface area contributed by atoms with Crippen molar-refractivity contribution in [3.8, 4) is 5.75 Å². The summed E-state index contributed by atoms with van der Waals surface area (Å²) in [6.45, 7) is 0. The lowest BCUT2D eigenvalue weighted by atomic mass is 10.2. The Bertz CT molecular complexity index is 937. The van der Waals surface area contributed by atoms with E-state index in [0.717, 1.165) is 5.69 Å². The summed E-state index contributed by atoms with van der Waals surface area (Å²) in [7, 11) is 0. The van der Waals surface area contributed by atoms with Gasteiger partial charge in [0.1, 0.15) is 5.75 Å². The summed E-state index contributed by atoms with van der Waals surface area (Å²) >= 11 is 0. The predicted octanol–water partition coefficient (Wildman–Crippen LogP) is 5.23. The van der Waals surface area contributed by atoms with Crippen LogP contribution in [-0.2, 0) is 0 Å². The molecule has 0 aromatic heterocycles. The Morgan fingerprint density at radius 1 is 0.808 bits per heavy atom. The van der Waals surface area contributed by atoms with Gasteiger partial charge in [0.2, 0.25) is 0 Å². The first-order valence-electron chi connectivity index (χ1n) is 7.65. The third-order valence-corrected chi connectivity index (χ3v) is 3.40. The molecule has 0 aliphatic rings. The summed E-state index contributed by atoms with van der Waals surface area (Å²) in [5.74, 6) is -0.334. The van der Waals surface area contributed by atoms with E-state index in [9.17, 15) is 14.9 Å². The number of esters is 1. The maximum atomic E-state index is 12.1. The average molecular weight is 347 g/mol. The van der Waals surface area contributed by atoms with E-state index in [-0.39, 0.29) is 11.4 Å². The molecule has 0 saturated heterocycles. The van der Waals surface area contributed by atoms with Gasteiger partial charge in [-0.15, -0.1) is 0 Å². The van der Waals surface area contributed by atoms with Gasteiger partial charge in [0.25, 0.3) is 5.69 Å². The first-order valence-corrected chi connectivity index (χ1v) is 7.65. The zero-order chi connectivity index (χ0) is 18.4. The van der Waals surface area contributed by atoms with Gasteiger partial charge in [-0.25, -0.2) is 4.79 Å². The summed E-state index contributed by atoms with van der Waals surface area (Å²) in [5.41, 5.74) is 1.59. The molecule has 3 rings (SSSR count). The quantitative estimate of drug-likeness (QED) is 0.208. The number of nitrogens with zero attached hydrogens (tertiary/aromatic N) is 3. The number of hydrogen-bond acceptors (Lipinski definition) is 6. The molecule has 0 fully saturated rings. The van der Waals surface area contributed by atoms with Gasteiger partial charge >= 0.3 is 5.97 Å². The number of carbonyl (C=O) groups excluding carboxylic acids is 1. The van der Waals surface area contributed by atoms with Gasteiger partial charge in [-0.3, -0.25) is 10.1 Å². The topological polar surface area (TPSA) is 94.2 Å². The summed E-state index contributed by atoms with van der Waals surface area (Å²) in [6, 6.07) is 21.0. The number of hydrogen-bond donors (Lipinski definition) is 0. The number of benzene rings is 3. The first-order chi connectivity index (χ1) is 12.6. The summed E-state index contributed by atoms with van der Waals surface area (Å²) in [6.07, 6.45) is 0. The molecule has 0 radical (unpaired) electrons. The number of ether oxygens (including phenoxy) is 1. The van der Waals surface area contributed by atoms with Gasteiger partial charge in [0, 0.05) is 12.1 Å². The Morgan fingerprint density at radius 2 is 1.38 bits per heavy atom. The lowest BCUT2D eigenvalue weighted by Crippen LogP contribution is -2.08. The number of nitro benzene ring substituents is 1. The molecule has 0 N–H and O–H groups in total. The maximum Gasteiger partial charge on any atom is 0.343 e. The first kappa shape index (κ1) is 17.0. The monoisotopic (exact) mass is 347 g/mol. The number of carbonyl (C=O) groups is 1. The smallest absolute Gasteiger partial charge is 0.343 e. The number of rotatable bonds is 5. The second kappa shape index (κ2) is 7.80. The van der Waals surface area contributed by atoms with Crippen LogP contribution in [0.3, 0.4) is 0 Å². The number of nitro groups is 1. The highest BCUT2D eigenvalue weighted by Gasteiger charge is 2.10. The van der Waals surface area contributed by atoms with E-state index in [1.54, 1.807) is 24.3 Å². The van der Waals surface area contributed by atoms with Crippen LogP contribution in [0.15, 0.2) is 89.1 Å². The van der Waals surface area contributed by atoms with Crippen LogP contribution in [-0.4, -0.2) is 10.9 Å². The highest BCUT2D eigenvalue weighted by Crippen LogP contribution is 2.21. The summed E-state index contributed by atoms with van der Waals surface area (Å²) in [5, 5.41) is 18.8. The van der Waals surface area contributed by atoms with Crippen LogP contribution in [0.25, 0.3) is 0 Å². The molecule has 0 aliphatic carbocycles. The molecule has 128 valence electrons. The molecule has 0 saturated carbocycles. The molecule has 0 heterocycles. The van der Waals surface area contributed by atoms with E-state index < -0.39 is 10.9 Å². The van der Waals surface area contributed by atoms with Gasteiger partial charge in [0.05, 0.1) is 21.9 Å². The van der Waals surface area contributed by atoms with Gasteiger partial charge in [-0.2, -0.15) is 10.2 Å². The molecule has 3 aromatic rings. The van der Waals surface area contributed by atoms with E-state index in [1.807, 2.05) is 30.3 Å². The molecule has 0 amide bonds. The lowest BCUT2D eigenvalue weighted by Gasteiger charge is -2.04. The Hall–Kier alpha value is -3.87. The zero-order valence-corrected chi connectivity index (χ0v) is 13.5. The van der Waals surface area contributed by atoms with E-state index >= 15 is 0 Å². The highest BCUT2D eigenvalue weighted by molar-refractivity contribution is 5.91. The van der Waals surface area contributed by atoms with Crippen molar-refractivity contribution in [2.24, 2.45) is 10.2 Å². The molecule has 7 heteroatoms. The molecular formula is C19H13N3O4. The van der Waals surface area contributed by atoms with Gasteiger partial charge in [-0.05, 0) is 48.5 Å². The average Bonchev–Trinajstić information content (AvgIpc) is 2.68. The van der Waals surface area contributed by atoms with E-state index in [1.165, 1.54) is 24.3 Å². The molecule has 0 unspecified atom stereocenters. The fourth-order valence-corrected chi connectivity index (χ4v) is 2.08. The van der Waals surface area contributed by atoms with Crippen LogP contribution in [0.4, 0.5) is 17.1 Å². The lowest BCUT2D eigenvalue weighted by molar-refractivity contribution is -0.384. The molecule has 0 aliphatic heterocycles. The summed E-state index contributed by atoms with van der Waals surface area (Å²) < 4.78 is 5.19. The normalized spacial score (nSPS) is 10.6. The molecular weight excluding hydrogens is 334 g/mol. The SMILES string of the molecule is O=C(Oc1ccc([N+](=O)[O-])cc1)c1ccc(N=Nc2ccccc2)cc1. The van der Waals surface area contributed by atoms with Crippen molar-refractivity contribution in [2.45, 2.75) is 0 Å². The fourth-order valence-electron chi connectivity index (χ4n) is 2.08. The van der Waals surface area contributed by atoms with Crippen molar-refractivity contribution < 1.29 is 14.5 Å². The minimum Gasteiger partial charge on any atom is -0.423 e. The van der Waals surface area contributed by atoms with Crippen LogP contribution in [0.1, 0.15) is 10.4 Å². The molecule has 0 spiro atoms. The van der Waals surface area contributed by atoms with Crippen molar-refractivity contribution in [3.63, 3.8) is 0 Å². The predicted molar refractivity (Wildman–Crippen MR) is 95.1 cm³/mol. The Morgan fingerprint density at radius 3 is 1.96 bits per heavy atom. The zero-order valence-electron chi connectivity index (χ0n) is 13.5. The molecule has 3 aromatic carbocycles. The minimum atomic E-state index is -0.564. The minimum absolute atomic E-state index is 0.0714. The third-order valence-electron chi connectivity index (χ3n) is 3.40. The molecule has 7 nitrogen and oxygen atoms in total. The van der Waals surface area contributed by atoms with Gasteiger partial charge < -0.3 is 4.74 Å². The second-order valence-corrected chi connectivity index (χ2v) is 5.22. The van der Waals surface area contributed by atoms with Crippen molar-refractivity contribution in [1.82, 2.24) is 0 Å². The van der Waals surface area contributed by atoms with E-state index in [4.69, 9.17) is 4.74 Å². The van der Waals surface area contributed by atoms with E-state index in [2.05, 4.69) is 10.2 Å². The van der Waals surface area contributed by atoms with E-state index in [0.29, 0.717) is 11.3 Å². The van der Waals surface area contributed by atoms with Crippen molar-refractivity contribution >= 4 is 23.0 Å². The van der Waals surface area contributed by atoms with Crippen molar-refractivity contribution in [3.05, 3.63) is 94.5 Å². The van der Waals surface area contributed by atoms with Crippen LogP contribution >= 0.6 is 0 Å². The Balaban J connectivity index is 1.65. The van der Waals surface area contributed by atoms with Crippen molar-refractivity contribution in [2.75, 3.05) is 0 Å². The fraction of sp³-hybridized carbons (Fsp3) is 0. The molecule has 0 atom stereocenters. The summed E-state index contributed by atoms with van der Waals surface area (Å²) in [4.78, 5) is 22.2. The number of non-ortho nitro benzene ring substituents is 1. The molecule has 0 bridgehead atoms. The maximum absolute atomic E-state index is 12.1. The Labute approximate surface area is 148 Å². The largest absolute Gasteiger partial charge is 0.423 e. The highest BCUT2D eigenvalue weighted by atomic mass is 16.6. The molecule has 26 heavy (non-hydrogen) atoms. The van der Waals surface area contributed by atoms with Crippen molar-refractivity contribution in [1.29, 1.82) is 0 Å². The van der Waals surface area contributed by atoms with Crippen LogP contribution in [0.5, 0.6) is 5.75 Å². The number of azo groups is 1. The second-order valence-electron chi connectivity index (χ2n) is 5.22. The van der Waals surface area contributed by atoms with Gasteiger partial charge in [0.15, 0.2) is 0 Å². The van der Waals surface area contributed by atoms with Gasteiger partial charge in [-0.1, -0.05) is 18.2 Å². The van der Waals surface area contributed by atoms with Crippen LogP contribution in [0, 0.1) is 10.1 Å². The third kappa shape index (κ3) is 4.35. The Kier molecular flexibility index (Phi) is 5.09.